The Morgan fingerprint density at radius 1 is 1.23 bits per heavy atom. The molecule has 2 aromatic rings. The number of imidazole rings is 1. The molecule has 0 unspecified atom stereocenters. The van der Waals surface area contributed by atoms with Crippen LogP contribution in [0.4, 0.5) is 13.2 Å². The van der Waals surface area contributed by atoms with Crippen molar-refractivity contribution in [2.75, 3.05) is 19.3 Å². The van der Waals surface area contributed by atoms with E-state index in [-0.39, 0.29) is 24.1 Å². The Balaban J connectivity index is 2.14. The number of nitrogens with one attached hydrogen (secondary N) is 1. The van der Waals surface area contributed by atoms with E-state index in [1.54, 1.807) is 4.57 Å². The molecule has 166 valence electrons. The van der Waals surface area contributed by atoms with Gasteiger partial charge in [0.1, 0.15) is 0 Å². The third-order valence-corrected chi connectivity index (χ3v) is 5.09. The normalized spacial score (nSPS) is 12.3. The Bertz CT molecular complexity index is 919. The van der Waals surface area contributed by atoms with E-state index in [1.165, 1.54) is 18.0 Å². The number of carbonyl (C=O) groups is 2. The van der Waals surface area contributed by atoms with Crippen LogP contribution in [0.5, 0.6) is 0 Å². The number of hydrogen-bond donors (Lipinski definition) is 1. The van der Waals surface area contributed by atoms with Crippen molar-refractivity contribution in [3.63, 3.8) is 0 Å². The first-order valence-electron chi connectivity index (χ1n) is 9.57. The van der Waals surface area contributed by atoms with Crippen molar-refractivity contribution in [2.45, 2.75) is 57.5 Å². The molecule has 10 heteroatoms. The molecule has 0 atom stereocenters. The van der Waals surface area contributed by atoms with Crippen LogP contribution in [0.25, 0.3) is 11.0 Å². The molecule has 0 bridgehead atoms. The number of hydrogen-bond acceptors (Lipinski definition) is 4. The minimum Gasteiger partial charge on any atom is -0.350 e. The number of fused-ring (bicyclic) bond motifs is 1. The van der Waals surface area contributed by atoms with Gasteiger partial charge in [0.2, 0.25) is 11.8 Å². The molecule has 1 heterocycles. The van der Waals surface area contributed by atoms with E-state index in [1.807, 2.05) is 27.7 Å². The van der Waals surface area contributed by atoms with Crippen molar-refractivity contribution in [1.29, 1.82) is 0 Å². The maximum atomic E-state index is 13.1. The highest BCUT2D eigenvalue weighted by Crippen LogP contribution is 2.33. The zero-order valence-corrected chi connectivity index (χ0v) is 18.6. The molecule has 0 radical (unpaired) electrons. The molecule has 1 aromatic carbocycles. The van der Waals surface area contributed by atoms with Crippen molar-refractivity contribution < 1.29 is 22.8 Å². The lowest BCUT2D eigenvalue weighted by Crippen LogP contribution is -2.46. The summed E-state index contributed by atoms with van der Waals surface area (Å²) in [5.41, 5.74) is -0.288. The smallest absolute Gasteiger partial charge is 0.350 e. The van der Waals surface area contributed by atoms with Crippen LogP contribution in [-0.4, -0.2) is 51.1 Å². The summed E-state index contributed by atoms with van der Waals surface area (Å²) >= 11 is 1.15. The molecule has 6 nitrogen and oxygen atoms in total. The van der Waals surface area contributed by atoms with Crippen LogP contribution in [0.2, 0.25) is 0 Å². The average molecular weight is 445 g/mol. The predicted octanol–water partition coefficient (Wildman–Crippen LogP) is 3.93. The first-order valence-corrected chi connectivity index (χ1v) is 10.6. The number of thioether (sulfide) groups is 1. The zero-order chi connectivity index (χ0) is 22.7. The van der Waals surface area contributed by atoms with Crippen LogP contribution in [0.3, 0.4) is 0 Å². The molecule has 0 saturated carbocycles. The van der Waals surface area contributed by atoms with Gasteiger partial charge in [-0.05, 0) is 45.4 Å². The number of benzene rings is 1. The largest absolute Gasteiger partial charge is 0.416 e. The van der Waals surface area contributed by atoms with E-state index in [9.17, 15) is 22.8 Å². The number of nitrogens with zero attached hydrogens (tertiary/aromatic N) is 3. The van der Waals surface area contributed by atoms with E-state index in [4.69, 9.17) is 0 Å². The fourth-order valence-electron chi connectivity index (χ4n) is 2.82. The Kier molecular flexibility index (Phi) is 7.44. The quantitative estimate of drug-likeness (QED) is 0.657. The molecule has 0 aliphatic carbocycles. The summed E-state index contributed by atoms with van der Waals surface area (Å²) < 4.78 is 40.9. The second kappa shape index (κ2) is 9.28. The highest BCUT2D eigenvalue weighted by Gasteiger charge is 2.31. The Morgan fingerprint density at radius 2 is 1.90 bits per heavy atom. The van der Waals surface area contributed by atoms with Crippen LogP contribution >= 0.6 is 11.8 Å². The van der Waals surface area contributed by atoms with Crippen LogP contribution in [0.1, 0.15) is 39.7 Å². The van der Waals surface area contributed by atoms with Gasteiger partial charge in [-0.25, -0.2) is 4.98 Å². The van der Waals surface area contributed by atoms with Crippen LogP contribution < -0.4 is 5.32 Å². The summed E-state index contributed by atoms with van der Waals surface area (Å²) in [7, 11) is 1.54. The number of halogens is 3. The SMILES string of the molecule is CCCn1c(SCC(=O)N(C)CC(=O)NC(C)(C)C)nc2ccc(C(F)(F)F)cc21. The lowest BCUT2D eigenvalue weighted by Gasteiger charge is -2.23. The van der Waals surface area contributed by atoms with Crippen molar-refractivity contribution in [1.82, 2.24) is 19.8 Å². The zero-order valence-electron chi connectivity index (χ0n) is 17.8. The number of aryl methyl sites for hydroxylation is 1. The molecule has 1 N–H and O–H groups in total. The molecular formula is C20H27F3N4O2S. The van der Waals surface area contributed by atoms with E-state index in [0.717, 1.165) is 23.9 Å². The van der Waals surface area contributed by atoms with Gasteiger partial charge >= 0.3 is 6.18 Å². The van der Waals surface area contributed by atoms with E-state index >= 15 is 0 Å². The summed E-state index contributed by atoms with van der Waals surface area (Å²) in [4.78, 5) is 30.1. The molecular weight excluding hydrogens is 417 g/mol. The second-order valence-corrected chi connectivity index (χ2v) is 9.03. The monoisotopic (exact) mass is 444 g/mol. The van der Waals surface area contributed by atoms with Crippen molar-refractivity contribution in [3.05, 3.63) is 23.8 Å². The van der Waals surface area contributed by atoms with E-state index < -0.39 is 17.3 Å². The maximum Gasteiger partial charge on any atom is 0.416 e. The number of amides is 2. The molecule has 0 fully saturated rings. The van der Waals surface area contributed by atoms with Crippen molar-refractivity contribution in [2.24, 2.45) is 0 Å². The first kappa shape index (κ1) is 24.0. The summed E-state index contributed by atoms with van der Waals surface area (Å²) in [6, 6.07) is 3.44. The minimum absolute atomic E-state index is 0.0263. The van der Waals surface area contributed by atoms with Gasteiger partial charge in [0.15, 0.2) is 5.16 Å². The van der Waals surface area contributed by atoms with Gasteiger partial charge in [0.05, 0.1) is 28.9 Å². The fraction of sp³-hybridized carbons (Fsp3) is 0.550. The topological polar surface area (TPSA) is 67.2 Å². The Labute approximate surface area is 178 Å². The summed E-state index contributed by atoms with van der Waals surface area (Å²) in [6.07, 6.45) is -3.73. The average Bonchev–Trinajstić information content (AvgIpc) is 2.94. The molecule has 0 saturated heterocycles. The second-order valence-electron chi connectivity index (χ2n) is 8.08. The van der Waals surface area contributed by atoms with E-state index in [0.29, 0.717) is 29.2 Å². The molecule has 2 rings (SSSR count). The lowest BCUT2D eigenvalue weighted by molar-refractivity contribution is -0.137. The molecule has 0 aliphatic rings. The lowest BCUT2D eigenvalue weighted by atomic mass is 10.1. The highest BCUT2D eigenvalue weighted by molar-refractivity contribution is 7.99. The Morgan fingerprint density at radius 3 is 2.47 bits per heavy atom. The third-order valence-electron chi connectivity index (χ3n) is 4.13. The van der Waals surface area contributed by atoms with Gasteiger partial charge in [0, 0.05) is 19.1 Å². The summed E-state index contributed by atoms with van der Waals surface area (Å²) in [5, 5.41) is 3.27. The third kappa shape index (κ3) is 6.38. The van der Waals surface area contributed by atoms with Crippen molar-refractivity contribution >= 4 is 34.6 Å². The highest BCUT2D eigenvalue weighted by atomic mass is 32.2. The molecule has 30 heavy (non-hydrogen) atoms. The van der Waals surface area contributed by atoms with Crippen molar-refractivity contribution in [3.8, 4) is 0 Å². The number of aromatic nitrogens is 2. The molecule has 0 spiro atoms. The van der Waals surface area contributed by atoms with Gasteiger partial charge in [0.25, 0.3) is 0 Å². The predicted molar refractivity (Wildman–Crippen MR) is 111 cm³/mol. The molecule has 2 amide bonds. The maximum absolute atomic E-state index is 13.1. The number of alkyl halides is 3. The van der Waals surface area contributed by atoms with Crippen LogP contribution in [-0.2, 0) is 22.3 Å². The molecule has 1 aromatic heterocycles. The first-order chi connectivity index (χ1) is 13.8. The standard InChI is InChI=1S/C20H27F3N4O2S/c1-6-9-27-15-10-13(20(21,22)23)7-8-14(15)24-18(27)30-12-17(29)26(5)11-16(28)25-19(2,3)4/h7-8,10H,6,9,11-12H2,1-5H3,(H,25,28). The van der Waals surface area contributed by atoms with Gasteiger partial charge in [-0.2, -0.15) is 13.2 Å². The Hall–Kier alpha value is -2.23. The fourth-order valence-corrected chi connectivity index (χ4v) is 3.81. The van der Waals surface area contributed by atoms with Crippen LogP contribution in [0, 0.1) is 0 Å². The van der Waals surface area contributed by atoms with Gasteiger partial charge in [-0.1, -0.05) is 18.7 Å². The summed E-state index contributed by atoms with van der Waals surface area (Å²) in [5.74, 6) is -0.505. The number of likely N-dealkylation sites (N-methyl/N-ethyl adjacent to an activating group) is 1. The van der Waals surface area contributed by atoms with Crippen LogP contribution in [0.15, 0.2) is 23.4 Å². The van der Waals surface area contributed by atoms with Gasteiger partial charge in [-0.3, -0.25) is 9.59 Å². The number of carbonyl (C=O) groups excluding carboxylic acids is 2. The van der Waals surface area contributed by atoms with Gasteiger partial charge < -0.3 is 14.8 Å². The minimum atomic E-state index is -4.44. The molecule has 0 aliphatic heterocycles. The summed E-state index contributed by atoms with van der Waals surface area (Å²) in [6.45, 7) is 7.89. The number of rotatable bonds is 7. The van der Waals surface area contributed by atoms with Gasteiger partial charge in [-0.15, -0.1) is 0 Å². The van der Waals surface area contributed by atoms with E-state index in [2.05, 4.69) is 10.3 Å².